The summed E-state index contributed by atoms with van der Waals surface area (Å²) in [4.78, 5) is 0. The van der Waals surface area contributed by atoms with Crippen molar-refractivity contribution in [2.45, 2.75) is 25.8 Å². The Morgan fingerprint density at radius 3 is 1.89 bits per heavy atom. The first-order valence-corrected chi connectivity index (χ1v) is 3.59. The van der Waals surface area contributed by atoms with E-state index in [0.29, 0.717) is 0 Å². The van der Waals surface area contributed by atoms with E-state index in [-0.39, 0.29) is 0 Å². The van der Waals surface area contributed by atoms with E-state index in [4.69, 9.17) is 0 Å². The largest absolute Gasteiger partial charge is 0.329 e. The SMILES string of the molecule is [CH2]CCC(C)[N+](C)(C)C. The average Bonchev–Trinajstić information content (AvgIpc) is 1.64. The molecule has 0 saturated heterocycles. The van der Waals surface area contributed by atoms with Crippen LogP contribution in [0, 0.1) is 6.92 Å². The molecular formula is C8H19N+. The van der Waals surface area contributed by atoms with Gasteiger partial charge in [-0.25, -0.2) is 0 Å². The zero-order valence-electron chi connectivity index (χ0n) is 7.15. The van der Waals surface area contributed by atoms with Crippen LogP contribution in [0.2, 0.25) is 0 Å². The van der Waals surface area contributed by atoms with Gasteiger partial charge >= 0.3 is 0 Å². The molecule has 0 spiro atoms. The molecule has 0 aliphatic carbocycles. The Hall–Kier alpha value is -0.0400. The first kappa shape index (κ1) is 8.96. The lowest BCUT2D eigenvalue weighted by Gasteiger charge is -2.31. The second kappa shape index (κ2) is 3.21. The van der Waals surface area contributed by atoms with Crippen LogP contribution in [0.3, 0.4) is 0 Å². The van der Waals surface area contributed by atoms with Crippen LogP contribution in [0.5, 0.6) is 0 Å². The first-order valence-electron chi connectivity index (χ1n) is 3.59. The van der Waals surface area contributed by atoms with Crippen molar-refractivity contribution < 1.29 is 4.48 Å². The molecule has 1 radical (unpaired) electrons. The number of nitrogens with zero attached hydrogens (tertiary/aromatic N) is 1. The van der Waals surface area contributed by atoms with Gasteiger partial charge in [-0.2, -0.15) is 0 Å². The fourth-order valence-electron chi connectivity index (χ4n) is 0.683. The lowest BCUT2D eigenvalue weighted by atomic mass is 10.1. The highest BCUT2D eigenvalue weighted by Crippen LogP contribution is 2.07. The van der Waals surface area contributed by atoms with Gasteiger partial charge in [0.1, 0.15) is 0 Å². The molecule has 55 valence electrons. The van der Waals surface area contributed by atoms with Gasteiger partial charge in [0.15, 0.2) is 0 Å². The normalized spacial score (nSPS) is 15.7. The summed E-state index contributed by atoms with van der Waals surface area (Å²) in [6.45, 7) is 6.10. The van der Waals surface area contributed by atoms with E-state index in [2.05, 4.69) is 35.0 Å². The van der Waals surface area contributed by atoms with Gasteiger partial charge in [0.25, 0.3) is 0 Å². The Labute approximate surface area is 59.3 Å². The minimum absolute atomic E-state index is 0.738. The van der Waals surface area contributed by atoms with Crippen molar-refractivity contribution in [3.05, 3.63) is 6.92 Å². The standard InChI is InChI=1S/C8H19N/c1-6-7-8(2)9(3,4)5/h8H,1,6-7H2,2-5H3/q+1. The van der Waals surface area contributed by atoms with Gasteiger partial charge < -0.3 is 4.48 Å². The minimum Gasteiger partial charge on any atom is -0.329 e. The van der Waals surface area contributed by atoms with E-state index in [9.17, 15) is 0 Å². The molecule has 0 aliphatic rings. The Morgan fingerprint density at radius 1 is 1.33 bits per heavy atom. The van der Waals surface area contributed by atoms with E-state index >= 15 is 0 Å². The molecule has 0 N–H and O–H groups in total. The molecule has 0 heterocycles. The quantitative estimate of drug-likeness (QED) is 0.509. The zero-order chi connectivity index (χ0) is 7.49. The van der Waals surface area contributed by atoms with Crippen LogP contribution in [-0.4, -0.2) is 31.7 Å². The Kier molecular flexibility index (Phi) is 3.20. The van der Waals surface area contributed by atoms with Gasteiger partial charge in [-0.1, -0.05) is 6.92 Å². The Bertz CT molecular complexity index is 71.1. The molecule has 0 fully saturated rings. The summed E-state index contributed by atoms with van der Waals surface area (Å²) in [5.41, 5.74) is 0. The lowest BCUT2D eigenvalue weighted by molar-refractivity contribution is -0.894. The molecule has 0 aromatic carbocycles. The van der Waals surface area contributed by atoms with Gasteiger partial charge in [0.05, 0.1) is 27.2 Å². The van der Waals surface area contributed by atoms with Crippen molar-refractivity contribution in [3.63, 3.8) is 0 Å². The summed E-state index contributed by atoms with van der Waals surface area (Å²) < 4.78 is 1.05. The second-order valence-electron chi connectivity index (χ2n) is 3.61. The van der Waals surface area contributed by atoms with Crippen molar-refractivity contribution in [1.29, 1.82) is 0 Å². The molecule has 0 bridgehead atoms. The Balaban J connectivity index is 3.59. The maximum atomic E-state index is 3.83. The molecule has 1 nitrogen and oxygen atoms in total. The molecule has 1 unspecified atom stereocenters. The summed E-state index contributed by atoms with van der Waals surface area (Å²) in [5.74, 6) is 0. The van der Waals surface area contributed by atoms with Crippen LogP contribution < -0.4 is 0 Å². The molecule has 9 heavy (non-hydrogen) atoms. The molecule has 0 amide bonds. The zero-order valence-corrected chi connectivity index (χ0v) is 7.15. The Morgan fingerprint density at radius 2 is 1.78 bits per heavy atom. The monoisotopic (exact) mass is 129 g/mol. The maximum absolute atomic E-state index is 3.83. The smallest absolute Gasteiger partial charge is 0.0855 e. The molecule has 1 atom stereocenters. The number of hydrogen-bond donors (Lipinski definition) is 0. The van der Waals surface area contributed by atoms with Gasteiger partial charge in [-0.15, -0.1) is 0 Å². The first-order chi connectivity index (χ1) is 3.98. The van der Waals surface area contributed by atoms with Crippen LogP contribution in [0.1, 0.15) is 19.8 Å². The molecule has 0 aromatic heterocycles. The third-order valence-corrected chi connectivity index (χ3v) is 1.94. The minimum atomic E-state index is 0.738. The van der Waals surface area contributed by atoms with Crippen molar-refractivity contribution in [3.8, 4) is 0 Å². The predicted molar refractivity (Wildman–Crippen MR) is 42.1 cm³/mol. The number of hydrogen-bond acceptors (Lipinski definition) is 0. The van der Waals surface area contributed by atoms with Crippen molar-refractivity contribution in [1.82, 2.24) is 0 Å². The third-order valence-electron chi connectivity index (χ3n) is 1.94. The molecule has 0 saturated carbocycles. The second-order valence-corrected chi connectivity index (χ2v) is 3.61. The molecule has 0 aliphatic heterocycles. The van der Waals surface area contributed by atoms with Crippen LogP contribution in [0.4, 0.5) is 0 Å². The number of quaternary nitrogens is 1. The van der Waals surface area contributed by atoms with Crippen molar-refractivity contribution in [2.24, 2.45) is 0 Å². The average molecular weight is 129 g/mol. The molecule has 0 rings (SSSR count). The highest BCUT2D eigenvalue weighted by molar-refractivity contribution is 4.50. The van der Waals surface area contributed by atoms with E-state index in [1.807, 2.05) is 0 Å². The molecule has 0 aromatic rings. The van der Waals surface area contributed by atoms with Gasteiger partial charge in [0, 0.05) is 0 Å². The summed E-state index contributed by atoms with van der Waals surface area (Å²) in [6.07, 6.45) is 2.28. The number of rotatable bonds is 3. The van der Waals surface area contributed by atoms with Crippen LogP contribution in [0.25, 0.3) is 0 Å². The topological polar surface area (TPSA) is 0 Å². The van der Waals surface area contributed by atoms with E-state index in [0.717, 1.165) is 16.9 Å². The highest BCUT2D eigenvalue weighted by atomic mass is 15.3. The van der Waals surface area contributed by atoms with Crippen LogP contribution >= 0.6 is 0 Å². The lowest BCUT2D eigenvalue weighted by Crippen LogP contribution is -2.42. The fourth-order valence-corrected chi connectivity index (χ4v) is 0.683. The van der Waals surface area contributed by atoms with E-state index in [1.54, 1.807) is 0 Å². The van der Waals surface area contributed by atoms with Gasteiger partial charge in [-0.3, -0.25) is 0 Å². The molecule has 1 heteroatoms. The van der Waals surface area contributed by atoms with Gasteiger partial charge in [0.2, 0.25) is 0 Å². The third kappa shape index (κ3) is 3.52. The molecular weight excluding hydrogens is 110 g/mol. The van der Waals surface area contributed by atoms with E-state index < -0.39 is 0 Å². The van der Waals surface area contributed by atoms with Crippen molar-refractivity contribution in [2.75, 3.05) is 21.1 Å². The van der Waals surface area contributed by atoms with Crippen LogP contribution in [0.15, 0.2) is 0 Å². The van der Waals surface area contributed by atoms with Crippen LogP contribution in [-0.2, 0) is 0 Å². The summed E-state index contributed by atoms with van der Waals surface area (Å²) in [7, 11) is 6.67. The summed E-state index contributed by atoms with van der Waals surface area (Å²) in [6, 6.07) is 0.738. The van der Waals surface area contributed by atoms with Gasteiger partial charge in [-0.05, 0) is 19.8 Å². The maximum Gasteiger partial charge on any atom is 0.0855 e. The fraction of sp³-hybridized carbons (Fsp3) is 0.875. The predicted octanol–water partition coefficient (Wildman–Crippen LogP) is 1.70. The van der Waals surface area contributed by atoms with Crippen molar-refractivity contribution >= 4 is 0 Å². The highest BCUT2D eigenvalue weighted by Gasteiger charge is 2.15. The summed E-state index contributed by atoms with van der Waals surface area (Å²) in [5, 5.41) is 0. The summed E-state index contributed by atoms with van der Waals surface area (Å²) >= 11 is 0. The van der Waals surface area contributed by atoms with E-state index in [1.165, 1.54) is 6.42 Å².